The summed E-state index contributed by atoms with van der Waals surface area (Å²) in [5.41, 5.74) is 0.153. The number of rotatable bonds is 3. The summed E-state index contributed by atoms with van der Waals surface area (Å²) in [4.78, 5) is 37.2. The molecule has 1 atom stereocenters. The fourth-order valence-electron chi connectivity index (χ4n) is 2.31. The number of benzene rings is 1. The molecule has 112 valence electrons. The highest BCUT2D eigenvalue weighted by molar-refractivity contribution is 6.04. The van der Waals surface area contributed by atoms with E-state index in [2.05, 4.69) is 0 Å². The van der Waals surface area contributed by atoms with Crippen molar-refractivity contribution in [2.24, 2.45) is 5.92 Å². The van der Waals surface area contributed by atoms with Crippen molar-refractivity contribution >= 4 is 17.7 Å². The van der Waals surface area contributed by atoms with Crippen LogP contribution in [0.4, 0.5) is 0 Å². The van der Waals surface area contributed by atoms with Crippen LogP contribution in [0.2, 0.25) is 0 Å². The number of carbonyl (C=O) groups is 3. The van der Waals surface area contributed by atoms with Gasteiger partial charge in [-0.25, -0.2) is 0 Å². The fraction of sp³-hybridized carbons (Fsp3) is 0.400. The van der Waals surface area contributed by atoms with E-state index in [1.165, 1.54) is 17.0 Å². The van der Waals surface area contributed by atoms with Crippen molar-refractivity contribution in [1.82, 2.24) is 4.90 Å². The largest absolute Gasteiger partial charge is 0.507 e. The Labute approximate surface area is 122 Å². The molecule has 0 radical (unpaired) electrons. The minimum atomic E-state index is -0.793. The van der Waals surface area contributed by atoms with Crippen molar-refractivity contribution in [2.45, 2.75) is 13.3 Å². The summed E-state index contributed by atoms with van der Waals surface area (Å²) < 4.78 is 4.85. The predicted molar refractivity (Wildman–Crippen MR) is 73.8 cm³/mol. The van der Waals surface area contributed by atoms with Crippen molar-refractivity contribution in [3.63, 3.8) is 0 Å². The quantitative estimate of drug-likeness (QED) is 0.663. The number of phenols is 1. The number of hydrogen-bond acceptors (Lipinski definition) is 5. The number of ether oxygens (including phenoxy) is 1. The topological polar surface area (TPSA) is 83.9 Å². The van der Waals surface area contributed by atoms with E-state index in [0.29, 0.717) is 0 Å². The van der Waals surface area contributed by atoms with Crippen LogP contribution < -0.4 is 0 Å². The minimum absolute atomic E-state index is 0.123. The van der Waals surface area contributed by atoms with E-state index in [9.17, 15) is 19.5 Å². The van der Waals surface area contributed by atoms with Crippen LogP contribution in [0.25, 0.3) is 0 Å². The Morgan fingerprint density at radius 1 is 1.38 bits per heavy atom. The van der Waals surface area contributed by atoms with Crippen molar-refractivity contribution in [3.8, 4) is 5.75 Å². The van der Waals surface area contributed by atoms with E-state index in [0.717, 1.165) is 0 Å². The van der Waals surface area contributed by atoms with Crippen LogP contribution in [0.5, 0.6) is 5.75 Å². The summed E-state index contributed by atoms with van der Waals surface area (Å²) in [6.45, 7) is 2.04. The summed E-state index contributed by atoms with van der Waals surface area (Å²) in [6, 6.07) is 6.17. The van der Waals surface area contributed by atoms with Crippen LogP contribution in [0.15, 0.2) is 24.3 Å². The molecule has 6 nitrogen and oxygen atoms in total. The molecule has 0 spiro atoms. The molecule has 1 aromatic carbocycles. The molecule has 1 unspecified atom stereocenters. The number of Topliss-reactive ketones (excluding diaryl/α,β-unsaturated/α-hetero) is 1. The van der Waals surface area contributed by atoms with Gasteiger partial charge in [-0.05, 0) is 25.5 Å². The zero-order valence-electron chi connectivity index (χ0n) is 11.7. The number of hydrogen-bond donors (Lipinski definition) is 1. The molecule has 1 saturated heterocycles. The standard InChI is InChI=1S/C15H17NO5/c1-2-21-15(20)11-7-8-16(9-13(11)18)14(19)10-5-3-4-6-12(10)17/h3-6,11,17H,2,7-9H2,1H3. The number of nitrogens with zero attached hydrogens (tertiary/aromatic N) is 1. The molecule has 21 heavy (non-hydrogen) atoms. The second-order valence-corrected chi connectivity index (χ2v) is 4.80. The number of esters is 1. The lowest BCUT2D eigenvalue weighted by Crippen LogP contribution is -2.46. The van der Waals surface area contributed by atoms with Gasteiger partial charge in [-0.2, -0.15) is 0 Å². The molecule has 0 aliphatic carbocycles. The Hall–Kier alpha value is -2.37. The second-order valence-electron chi connectivity index (χ2n) is 4.80. The number of amides is 1. The molecule has 1 fully saturated rings. The summed E-state index contributed by atoms with van der Waals surface area (Å²) in [6.07, 6.45) is 0.247. The lowest BCUT2D eigenvalue weighted by Gasteiger charge is -2.30. The molecule has 0 aromatic heterocycles. The van der Waals surface area contributed by atoms with Gasteiger partial charge in [-0.1, -0.05) is 12.1 Å². The molecular weight excluding hydrogens is 274 g/mol. The molecule has 6 heteroatoms. The monoisotopic (exact) mass is 291 g/mol. The van der Waals surface area contributed by atoms with Crippen LogP contribution in [0, 0.1) is 5.92 Å². The van der Waals surface area contributed by atoms with Crippen LogP contribution in [-0.4, -0.2) is 47.4 Å². The van der Waals surface area contributed by atoms with Gasteiger partial charge in [-0.15, -0.1) is 0 Å². The Kier molecular flexibility index (Phi) is 4.57. The third kappa shape index (κ3) is 3.21. The molecule has 0 bridgehead atoms. The molecule has 1 heterocycles. The summed E-state index contributed by atoms with van der Waals surface area (Å²) in [5.74, 6) is -2.19. The van der Waals surface area contributed by atoms with Crippen LogP contribution in [0.3, 0.4) is 0 Å². The fourth-order valence-corrected chi connectivity index (χ4v) is 2.31. The highest BCUT2D eigenvalue weighted by Crippen LogP contribution is 2.22. The van der Waals surface area contributed by atoms with E-state index < -0.39 is 17.8 Å². The van der Waals surface area contributed by atoms with Crippen molar-refractivity contribution in [1.29, 1.82) is 0 Å². The van der Waals surface area contributed by atoms with Crippen LogP contribution in [-0.2, 0) is 14.3 Å². The minimum Gasteiger partial charge on any atom is -0.507 e. The van der Waals surface area contributed by atoms with Gasteiger partial charge in [0.05, 0.1) is 18.7 Å². The third-order valence-electron chi connectivity index (χ3n) is 3.42. The number of piperidine rings is 1. The Morgan fingerprint density at radius 2 is 2.10 bits per heavy atom. The van der Waals surface area contributed by atoms with Gasteiger partial charge in [-0.3, -0.25) is 14.4 Å². The summed E-state index contributed by atoms with van der Waals surface area (Å²) >= 11 is 0. The first-order chi connectivity index (χ1) is 10.0. The average molecular weight is 291 g/mol. The maximum absolute atomic E-state index is 12.3. The molecular formula is C15H17NO5. The maximum Gasteiger partial charge on any atom is 0.316 e. The third-order valence-corrected chi connectivity index (χ3v) is 3.42. The first-order valence-electron chi connectivity index (χ1n) is 6.81. The van der Waals surface area contributed by atoms with Gasteiger partial charge < -0.3 is 14.7 Å². The van der Waals surface area contributed by atoms with E-state index in [1.807, 2.05) is 0 Å². The van der Waals surface area contributed by atoms with Crippen molar-refractivity contribution in [3.05, 3.63) is 29.8 Å². The molecule has 1 N–H and O–H groups in total. The predicted octanol–water partition coefficient (Wildman–Crippen LogP) is 0.986. The molecule has 2 rings (SSSR count). The van der Waals surface area contributed by atoms with Gasteiger partial charge >= 0.3 is 5.97 Å². The lowest BCUT2D eigenvalue weighted by molar-refractivity contribution is -0.153. The number of phenolic OH excluding ortho intramolecular Hbond substituents is 1. The Bertz CT molecular complexity index is 569. The molecule has 1 aromatic rings. The SMILES string of the molecule is CCOC(=O)C1CCN(C(=O)c2ccccc2O)CC1=O. The molecule has 1 aliphatic heterocycles. The van der Waals surface area contributed by atoms with Crippen molar-refractivity contribution < 1.29 is 24.2 Å². The number of para-hydroxylation sites is 1. The zero-order chi connectivity index (χ0) is 15.4. The number of ketones is 1. The number of likely N-dealkylation sites (tertiary alicyclic amines) is 1. The van der Waals surface area contributed by atoms with E-state index >= 15 is 0 Å². The normalized spacial score (nSPS) is 18.4. The first kappa shape index (κ1) is 15.0. The Morgan fingerprint density at radius 3 is 2.71 bits per heavy atom. The summed E-state index contributed by atoms with van der Waals surface area (Å²) in [5, 5.41) is 9.68. The smallest absolute Gasteiger partial charge is 0.316 e. The number of aromatic hydroxyl groups is 1. The van der Waals surface area contributed by atoms with Gasteiger partial charge in [0.2, 0.25) is 0 Å². The molecule has 1 aliphatic rings. The first-order valence-corrected chi connectivity index (χ1v) is 6.81. The number of carbonyl (C=O) groups excluding carboxylic acids is 3. The highest BCUT2D eigenvalue weighted by Gasteiger charge is 2.35. The maximum atomic E-state index is 12.3. The van der Waals surface area contributed by atoms with Crippen LogP contribution >= 0.6 is 0 Å². The van der Waals surface area contributed by atoms with E-state index in [-0.39, 0.29) is 43.2 Å². The van der Waals surface area contributed by atoms with Gasteiger partial charge in [0.25, 0.3) is 5.91 Å². The van der Waals surface area contributed by atoms with E-state index in [1.54, 1.807) is 19.1 Å². The van der Waals surface area contributed by atoms with Crippen LogP contribution in [0.1, 0.15) is 23.7 Å². The van der Waals surface area contributed by atoms with Gasteiger partial charge in [0.1, 0.15) is 11.7 Å². The zero-order valence-corrected chi connectivity index (χ0v) is 11.7. The second kappa shape index (κ2) is 6.39. The summed E-state index contributed by atoms with van der Waals surface area (Å²) in [7, 11) is 0. The molecule has 1 amide bonds. The van der Waals surface area contributed by atoms with Crippen molar-refractivity contribution in [2.75, 3.05) is 19.7 Å². The van der Waals surface area contributed by atoms with Gasteiger partial charge in [0, 0.05) is 6.54 Å². The average Bonchev–Trinajstić information content (AvgIpc) is 2.47. The highest BCUT2D eigenvalue weighted by atomic mass is 16.5. The van der Waals surface area contributed by atoms with E-state index in [4.69, 9.17) is 4.74 Å². The Balaban J connectivity index is 2.06. The van der Waals surface area contributed by atoms with Gasteiger partial charge in [0.15, 0.2) is 5.78 Å². The lowest BCUT2D eigenvalue weighted by atomic mass is 9.95. The molecule has 0 saturated carbocycles.